The summed E-state index contributed by atoms with van der Waals surface area (Å²) in [6.07, 6.45) is 6.06. The van der Waals surface area contributed by atoms with E-state index in [2.05, 4.69) is 4.90 Å². The van der Waals surface area contributed by atoms with Crippen LogP contribution in [0.4, 0.5) is 0 Å². The lowest BCUT2D eigenvalue weighted by molar-refractivity contribution is -0.132. The number of rotatable bonds is 5. The van der Waals surface area contributed by atoms with Gasteiger partial charge in [-0.05, 0) is 51.0 Å². The lowest BCUT2D eigenvalue weighted by atomic mass is 10.3. The maximum absolute atomic E-state index is 12.2. The van der Waals surface area contributed by atoms with E-state index in [1.54, 1.807) is 6.26 Å². The van der Waals surface area contributed by atoms with Crippen LogP contribution in [0.25, 0.3) is 0 Å². The molecule has 1 aromatic heterocycles. The van der Waals surface area contributed by atoms with Crippen molar-refractivity contribution in [2.24, 2.45) is 0 Å². The van der Waals surface area contributed by atoms with Gasteiger partial charge in [0.2, 0.25) is 5.91 Å². The fourth-order valence-electron chi connectivity index (χ4n) is 3.00. The van der Waals surface area contributed by atoms with Gasteiger partial charge in [0.15, 0.2) is 0 Å². The van der Waals surface area contributed by atoms with Crippen LogP contribution in [0.1, 0.15) is 36.8 Å². The summed E-state index contributed by atoms with van der Waals surface area (Å²) in [4.78, 5) is 16.7. The van der Waals surface area contributed by atoms with Crippen LogP contribution >= 0.6 is 11.8 Å². The largest absolute Gasteiger partial charge is 0.466 e. The number of hydrogen-bond acceptors (Lipinski definition) is 4. The van der Waals surface area contributed by atoms with E-state index in [4.69, 9.17) is 4.42 Å². The normalized spacial score (nSPS) is 24.5. The molecule has 0 saturated carbocycles. The Bertz CT molecular complexity index is 429. The van der Waals surface area contributed by atoms with E-state index in [-0.39, 0.29) is 11.3 Å². The molecule has 2 fully saturated rings. The first kappa shape index (κ1) is 14.0. The average Bonchev–Trinajstić information content (AvgIpc) is 3.12. The van der Waals surface area contributed by atoms with Crippen molar-refractivity contribution in [2.45, 2.75) is 31.1 Å². The molecule has 0 radical (unpaired) electrons. The van der Waals surface area contributed by atoms with E-state index in [9.17, 15) is 4.79 Å². The van der Waals surface area contributed by atoms with Gasteiger partial charge in [0, 0.05) is 18.7 Å². The Labute approximate surface area is 124 Å². The highest BCUT2D eigenvalue weighted by Gasteiger charge is 2.31. The molecule has 2 aliphatic rings. The first-order valence-corrected chi connectivity index (χ1v) is 8.56. The van der Waals surface area contributed by atoms with Gasteiger partial charge >= 0.3 is 0 Å². The van der Waals surface area contributed by atoms with Crippen LogP contribution in [-0.4, -0.2) is 47.6 Å². The van der Waals surface area contributed by atoms with E-state index in [1.165, 1.54) is 25.9 Å². The minimum atomic E-state index is 0.0739. The molecule has 3 rings (SSSR count). The van der Waals surface area contributed by atoms with E-state index >= 15 is 0 Å². The quantitative estimate of drug-likeness (QED) is 0.837. The predicted molar refractivity (Wildman–Crippen MR) is 80.5 cm³/mol. The predicted octanol–water partition coefficient (Wildman–Crippen LogP) is 2.73. The third-order valence-corrected chi connectivity index (χ3v) is 5.30. The van der Waals surface area contributed by atoms with Crippen molar-refractivity contribution < 1.29 is 9.21 Å². The van der Waals surface area contributed by atoms with Crippen molar-refractivity contribution in [2.75, 3.05) is 31.9 Å². The maximum atomic E-state index is 12.2. The SMILES string of the molecule is O=C1CCSC(c2ccco2)N1CCCN1CCCC1. The van der Waals surface area contributed by atoms with Gasteiger partial charge in [-0.2, -0.15) is 0 Å². The molecule has 4 nitrogen and oxygen atoms in total. The average molecular weight is 294 g/mol. The van der Waals surface area contributed by atoms with Gasteiger partial charge in [-0.1, -0.05) is 0 Å². The highest BCUT2D eigenvalue weighted by Crippen LogP contribution is 2.37. The summed E-state index contributed by atoms with van der Waals surface area (Å²) in [6, 6.07) is 3.88. The number of thioether (sulfide) groups is 1. The number of hydrogen-bond donors (Lipinski definition) is 0. The molecule has 1 aromatic rings. The van der Waals surface area contributed by atoms with Gasteiger partial charge < -0.3 is 14.2 Å². The monoisotopic (exact) mass is 294 g/mol. The van der Waals surface area contributed by atoms with Gasteiger partial charge in [-0.3, -0.25) is 4.79 Å². The molecule has 2 aliphatic heterocycles. The van der Waals surface area contributed by atoms with E-state index in [0.29, 0.717) is 6.42 Å². The number of amides is 1. The Morgan fingerprint density at radius 3 is 2.90 bits per heavy atom. The smallest absolute Gasteiger partial charge is 0.224 e. The number of likely N-dealkylation sites (tertiary alicyclic amines) is 1. The number of nitrogens with zero attached hydrogens (tertiary/aromatic N) is 2. The van der Waals surface area contributed by atoms with Gasteiger partial charge in [-0.25, -0.2) is 0 Å². The zero-order valence-corrected chi connectivity index (χ0v) is 12.6. The molecular weight excluding hydrogens is 272 g/mol. The fraction of sp³-hybridized carbons (Fsp3) is 0.667. The molecule has 1 unspecified atom stereocenters. The molecule has 2 saturated heterocycles. The summed E-state index contributed by atoms with van der Waals surface area (Å²) < 4.78 is 5.51. The number of carbonyl (C=O) groups excluding carboxylic acids is 1. The van der Waals surface area contributed by atoms with Crippen LogP contribution in [0.2, 0.25) is 0 Å². The molecule has 0 N–H and O–H groups in total. The zero-order valence-electron chi connectivity index (χ0n) is 11.8. The van der Waals surface area contributed by atoms with Crippen molar-refractivity contribution in [3.8, 4) is 0 Å². The Balaban J connectivity index is 1.57. The molecule has 110 valence electrons. The molecule has 3 heterocycles. The van der Waals surface area contributed by atoms with E-state index < -0.39 is 0 Å². The van der Waals surface area contributed by atoms with Crippen LogP contribution in [-0.2, 0) is 4.79 Å². The first-order chi connectivity index (χ1) is 9.84. The van der Waals surface area contributed by atoms with E-state index in [0.717, 1.165) is 31.0 Å². The molecule has 0 aliphatic carbocycles. The minimum Gasteiger partial charge on any atom is -0.466 e. The van der Waals surface area contributed by atoms with Crippen LogP contribution in [0.5, 0.6) is 0 Å². The third-order valence-electron chi connectivity index (χ3n) is 4.05. The zero-order chi connectivity index (χ0) is 13.8. The third kappa shape index (κ3) is 3.20. The van der Waals surface area contributed by atoms with Gasteiger partial charge in [0.05, 0.1) is 6.26 Å². The van der Waals surface area contributed by atoms with Crippen molar-refractivity contribution in [3.63, 3.8) is 0 Å². The Hall–Kier alpha value is -0.940. The highest BCUT2D eigenvalue weighted by atomic mass is 32.2. The summed E-state index contributed by atoms with van der Waals surface area (Å²) in [7, 11) is 0. The minimum absolute atomic E-state index is 0.0739. The van der Waals surface area contributed by atoms with Crippen molar-refractivity contribution in [1.29, 1.82) is 0 Å². The summed E-state index contributed by atoms with van der Waals surface area (Å²) in [5, 5.41) is 0.0739. The second-order valence-electron chi connectivity index (χ2n) is 5.48. The van der Waals surface area contributed by atoms with Crippen LogP contribution < -0.4 is 0 Å². The molecule has 0 spiro atoms. The first-order valence-electron chi connectivity index (χ1n) is 7.51. The van der Waals surface area contributed by atoms with E-state index in [1.807, 2.05) is 28.8 Å². The van der Waals surface area contributed by atoms with Crippen molar-refractivity contribution in [3.05, 3.63) is 24.2 Å². The van der Waals surface area contributed by atoms with Crippen molar-refractivity contribution >= 4 is 17.7 Å². The molecule has 1 amide bonds. The second-order valence-corrected chi connectivity index (χ2v) is 6.67. The second kappa shape index (κ2) is 6.68. The van der Waals surface area contributed by atoms with Crippen LogP contribution in [0.3, 0.4) is 0 Å². The Morgan fingerprint density at radius 2 is 2.15 bits per heavy atom. The Kier molecular flexibility index (Phi) is 4.68. The summed E-state index contributed by atoms with van der Waals surface area (Å²) >= 11 is 1.81. The van der Waals surface area contributed by atoms with Gasteiger partial charge in [-0.15, -0.1) is 11.8 Å². The maximum Gasteiger partial charge on any atom is 0.224 e. The lowest BCUT2D eigenvalue weighted by Crippen LogP contribution is -2.38. The van der Waals surface area contributed by atoms with Gasteiger partial charge in [0.25, 0.3) is 0 Å². The summed E-state index contributed by atoms with van der Waals surface area (Å²) in [5.41, 5.74) is 0. The number of carbonyl (C=O) groups is 1. The van der Waals surface area contributed by atoms with Gasteiger partial charge in [0.1, 0.15) is 11.1 Å². The molecule has 0 bridgehead atoms. The van der Waals surface area contributed by atoms with Crippen LogP contribution in [0.15, 0.2) is 22.8 Å². The molecule has 20 heavy (non-hydrogen) atoms. The van der Waals surface area contributed by atoms with Crippen LogP contribution in [0, 0.1) is 0 Å². The summed E-state index contributed by atoms with van der Waals surface area (Å²) in [5.74, 6) is 2.07. The Morgan fingerprint density at radius 1 is 1.30 bits per heavy atom. The van der Waals surface area contributed by atoms with Crippen molar-refractivity contribution in [1.82, 2.24) is 9.80 Å². The molecule has 1 atom stereocenters. The molecular formula is C15H22N2O2S. The molecule has 0 aromatic carbocycles. The fourth-order valence-corrected chi connectivity index (χ4v) is 4.22. The highest BCUT2D eigenvalue weighted by molar-refractivity contribution is 7.99. The standard InChI is InChI=1S/C15H22N2O2S/c18-14-6-12-20-15(13-5-3-11-19-13)17(14)10-4-9-16-7-1-2-8-16/h3,5,11,15H,1-2,4,6-10,12H2. The number of furan rings is 1. The summed E-state index contributed by atoms with van der Waals surface area (Å²) in [6.45, 7) is 4.40. The molecule has 5 heteroatoms. The topological polar surface area (TPSA) is 36.7 Å². The lowest BCUT2D eigenvalue weighted by Gasteiger charge is -2.34.